The van der Waals surface area contributed by atoms with E-state index in [1.54, 1.807) is 6.08 Å². The van der Waals surface area contributed by atoms with Crippen LogP contribution in [0.1, 0.15) is 30.4 Å². The molecule has 1 fully saturated rings. The van der Waals surface area contributed by atoms with E-state index >= 15 is 0 Å². The molecule has 0 bridgehead atoms. The van der Waals surface area contributed by atoms with Crippen LogP contribution in [-0.2, 0) is 16.0 Å². The normalized spacial score (nSPS) is 20.7. The van der Waals surface area contributed by atoms with Crippen LogP contribution in [0, 0.1) is 0 Å². The van der Waals surface area contributed by atoms with Gasteiger partial charge in [0.25, 0.3) is 0 Å². The second-order valence-electron chi connectivity index (χ2n) is 5.68. The van der Waals surface area contributed by atoms with Crippen molar-refractivity contribution in [3.63, 3.8) is 0 Å². The minimum atomic E-state index is -0.920. The summed E-state index contributed by atoms with van der Waals surface area (Å²) in [4.78, 5) is 25.0. The molecule has 1 aromatic rings. The molecule has 0 saturated carbocycles. The Hall–Kier alpha value is -2.30. The standard InChI is InChI=1S/C17H19NO4/c19-16(18-9-2-1-3-14(18)17(20)21)7-5-12-4-6-15-13(11-12)8-10-22-15/h4-7,11,14H,1-3,8-10H2,(H,20,21). The molecule has 5 nitrogen and oxygen atoms in total. The summed E-state index contributed by atoms with van der Waals surface area (Å²) in [6, 6.07) is 5.13. The second kappa shape index (κ2) is 6.22. The smallest absolute Gasteiger partial charge is 0.326 e. The lowest BCUT2D eigenvalue weighted by Gasteiger charge is -2.32. The van der Waals surface area contributed by atoms with Crippen LogP contribution in [0.25, 0.3) is 6.08 Å². The van der Waals surface area contributed by atoms with E-state index < -0.39 is 12.0 Å². The van der Waals surface area contributed by atoms with Crippen LogP contribution in [0.15, 0.2) is 24.3 Å². The fourth-order valence-corrected chi connectivity index (χ4v) is 3.03. The van der Waals surface area contributed by atoms with Crippen molar-refractivity contribution in [2.24, 2.45) is 0 Å². The highest BCUT2D eigenvalue weighted by atomic mass is 16.5. The summed E-state index contributed by atoms with van der Waals surface area (Å²) in [5.41, 5.74) is 2.08. The minimum Gasteiger partial charge on any atom is -0.493 e. The summed E-state index contributed by atoms with van der Waals surface area (Å²) in [6.45, 7) is 1.22. The van der Waals surface area contributed by atoms with E-state index in [1.165, 1.54) is 11.0 Å². The first-order valence-corrected chi connectivity index (χ1v) is 7.62. The summed E-state index contributed by atoms with van der Waals surface area (Å²) < 4.78 is 5.45. The van der Waals surface area contributed by atoms with Crippen LogP contribution in [0.4, 0.5) is 0 Å². The average Bonchev–Trinajstić information content (AvgIpc) is 3.00. The topological polar surface area (TPSA) is 66.8 Å². The quantitative estimate of drug-likeness (QED) is 0.868. The molecule has 2 aliphatic heterocycles. The van der Waals surface area contributed by atoms with Gasteiger partial charge in [0.15, 0.2) is 0 Å². The Kier molecular flexibility index (Phi) is 4.13. The third-order valence-corrected chi connectivity index (χ3v) is 4.20. The summed E-state index contributed by atoms with van der Waals surface area (Å²) in [6.07, 6.45) is 6.35. The zero-order valence-corrected chi connectivity index (χ0v) is 12.3. The molecule has 0 aromatic heterocycles. The van der Waals surface area contributed by atoms with Crippen molar-refractivity contribution in [3.05, 3.63) is 35.4 Å². The highest BCUT2D eigenvalue weighted by Gasteiger charge is 2.30. The van der Waals surface area contributed by atoms with Crippen LogP contribution in [0.2, 0.25) is 0 Å². The molecule has 1 aromatic carbocycles. The van der Waals surface area contributed by atoms with Gasteiger partial charge in [-0.25, -0.2) is 4.79 Å². The Labute approximate surface area is 129 Å². The Morgan fingerprint density at radius 3 is 3.00 bits per heavy atom. The fourth-order valence-electron chi connectivity index (χ4n) is 3.03. The molecule has 22 heavy (non-hydrogen) atoms. The second-order valence-corrected chi connectivity index (χ2v) is 5.68. The lowest BCUT2D eigenvalue weighted by molar-refractivity contribution is -0.150. The monoisotopic (exact) mass is 301 g/mol. The molecule has 1 amide bonds. The molecular weight excluding hydrogens is 282 g/mol. The van der Waals surface area contributed by atoms with Crippen LogP contribution < -0.4 is 4.74 Å². The Morgan fingerprint density at radius 1 is 1.32 bits per heavy atom. The molecule has 0 aliphatic carbocycles. The Bertz CT molecular complexity index is 623. The Morgan fingerprint density at radius 2 is 2.18 bits per heavy atom. The van der Waals surface area contributed by atoms with Crippen molar-refractivity contribution in [1.82, 2.24) is 4.90 Å². The first-order valence-electron chi connectivity index (χ1n) is 7.62. The number of hydrogen-bond donors (Lipinski definition) is 1. The largest absolute Gasteiger partial charge is 0.493 e. The molecule has 3 rings (SSSR count). The van der Waals surface area contributed by atoms with E-state index in [1.807, 2.05) is 18.2 Å². The number of hydrogen-bond acceptors (Lipinski definition) is 3. The van der Waals surface area contributed by atoms with Gasteiger partial charge in [0.1, 0.15) is 11.8 Å². The first kappa shape index (κ1) is 14.6. The zero-order valence-electron chi connectivity index (χ0n) is 12.3. The molecule has 2 heterocycles. The van der Waals surface area contributed by atoms with Gasteiger partial charge in [0.2, 0.25) is 5.91 Å². The van der Waals surface area contributed by atoms with Crippen molar-refractivity contribution in [2.45, 2.75) is 31.7 Å². The Balaban J connectivity index is 1.71. The number of fused-ring (bicyclic) bond motifs is 1. The number of carboxylic acids is 1. The number of likely N-dealkylation sites (tertiary alicyclic amines) is 1. The van der Waals surface area contributed by atoms with E-state index in [4.69, 9.17) is 4.74 Å². The molecule has 5 heteroatoms. The van der Waals surface area contributed by atoms with Crippen LogP contribution in [0.3, 0.4) is 0 Å². The number of aliphatic carboxylic acids is 1. The maximum Gasteiger partial charge on any atom is 0.326 e. The molecular formula is C17H19NO4. The lowest BCUT2D eigenvalue weighted by atomic mass is 10.0. The first-order chi connectivity index (χ1) is 10.6. The number of carboxylic acid groups (broad SMARTS) is 1. The SMILES string of the molecule is O=C(O)C1CCCCN1C(=O)C=Cc1ccc2c(c1)CCO2. The highest BCUT2D eigenvalue weighted by molar-refractivity contribution is 5.94. The van der Waals surface area contributed by atoms with Gasteiger partial charge in [-0.3, -0.25) is 4.79 Å². The van der Waals surface area contributed by atoms with Crippen LogP contribution in [0.5, 0.6) is 5.75 Å². The van der Waals surface area contributed by atoms with E-state index in [0.717, 1.165) is 36.1 Å². The lowest BCUT2D eigenvalue weighted by Crippen LogP contribution is -2.47. The van der Waals surface area contributed by atoms with E-state index in [9.17, 15) is 14.7 Å². The number of benzene rings is 1. The van der Waals surface area contributed by atoms with Crippen LogP contribution >= 0.6 is 0 Å². The number of ether oxygens (including phenoxy) is 1. The van der Waals surface area contributed by atoms with Gasteiger partial charge in [-0.2, -0.15) is 0 Å². The number of piperidine rings is 1. The van der Waals surface area contributed by atoms with E-state index in [-0.39, 0.29) is 5.91 Å². The number of carbonyl (C=O) groups excluding carboxylic acids is 1. The molecule has 1 N–H and O–H groups in total. The molecule has 0 radical (unpaired) electrons. The number of nitrogens with zero attached hydrogens (tertiary/aromatic N) is 1. The third-order valence-electron chi connectivity index (χ3n) is 4.20. The zero-order chi connectivity index (χ0) is 15.5. The van der Waals surface area contributed by atoms with Crippen LogP contribution in [-0.4, -0.2) is 41.1 Å². The molecule has 1 atom stereocenters. The highest BCUT2D eigenvalue weighted by Crippen LogP contribution is 2.26. The summed E-state index contributed by atoms with van der Waals surface area (Å²) in [5.74, 6) is -0.245. The van der Waals surface area contributed by atoms with Gasteiger partial charge in [-0.05, 0) is 48.6 Å². The van der Waals surface area contributed by atoms with Gasteiger partial charge in [0.05, 0.1) is 6.61 Å². The van der Waals surface area contributed by atoms with Gasteiger partial charge >= 0.3 is 5.97 Å². The van der Waals surface area contributed by atoms with Gasteiger partial charge in [-0.1, -0.05) is 6.07 Å². The summed E-state index contributed by atoms with van der Waals surface area (Å²) in [5, 5.41) is 9.22. The van der Waals surface area contributed by atoms with Crippen molar-refractivity contribution in [1.29, 1.82) is 0 Å². The minimum absolute atomic E-state index is 0.233. The summed E-state index contributed by atoms with van der Waals surface area (Å²) in [7, 11) is 0. The number of amides is 1. The average molecular weight is 301 g/mol. The van der Waals surface area contributed by atoms with Gasteiger partial charge in [-0.15, -0.1) is 0 Å². The molecule has 0 spiro atoms. The molecule has 116 valence electrons. The third kappa shape index (κ3) is 2.98. The maximum atomic E-state index is 12.3. The molecule has 1 saturated heterocycles. The predicted octanol–water partition coefficient (Wildman–Crippen LogP) is 2.10. The van der Waals surface area contributed by atoms with Crippen molar-refractivity contribution in [3.8, 4) is 5.75 Å². The number of carbonyl (C=O) groups is 2. The fraction of sp³-hybridized carbons (Fsp3) is 0.412. The van der Waals surface area contributed by atoms with Crippen molar-refractivity contribution < 1.29 is 19.4 Å². The predicted molar refractivity (Wildman–Crippen MR) is 81.7 cm³/mol. The molecule has 2 aliphatic rings. The van der Waals surface area contributed by atoms with E-state index in [2.05, 4.69) is 0 Å². The summed E-state index contributed by atoms with van der Waals surface area (Å²) >= 11 is 0. The van der Waals surface area contributed by atoms with E-state index in [0.29, 0.717) is 19.6 Å². The maximum absolute atomic E-state index is 12.3. The van der Waals surface area contributed by atoms with Crippen molar-refractivity contribution >= 4 is 18.0 Å². The number of rotatable bonds is 3. The molecule has 1 unspecified atom stereocenters. The van der Waals surface area contributed by atoms with Gasteiger partial charge in [0, 0.05) is 19.0 Å². The van der Waals surface area contributed by atoms with Gasteiger partial charge < -0.3 is 14.7 Å². The van der Waals surface area contributed by atoms with Crippen molar-refractivity contribution in [2.75, 3.05) is 13.2 Å².